The molecule has 0 radical (unpaired) electrons. The maximum absolute atomic E-state index is 4.36. The van der Waals surface area contributed by atoms with Gasteiger partial charge in [0.2, 0.25) is 0 Å². The van der Waals surface area contributed by atoms with Crippen LogP contribution in [0.3, 0.4) is 0 Å². The minimum atomic E-state index is 0. The number of unbranched alkanes of at least 4 members (excludes halogenated alkanes) is 2. The quantitative estimate of drug-likeness (QED) is 0.243. The Labute approximate surface area is 180 Å². The van der Waals surface area contributed by atoms with Gasteiger partial charge in [-0.1, -0.05) is 40.0 Å². The first-order valence-electron chi connectivity index (χ1n) is 9.43. The van der Waals surface area contributed by atoms with Gasteiger partial charge in [0.1, 0.15) is 0 Å². The van der Waals surface area contributed by atoms with Crippen LogP contribution in [0.5, 0.6) is 0 Å². The second-order valence-corrected chi connectivity index (χ2v) is 7.37. The normalized spacial score (nSPS) is 11.8. The smallest absolute Gasteiger partial charge is 0.191 e. The maximum Gasteiger partial charge on any atom is 0.191 e. The molecule has 0 aliphatic rings. The molecule has 0 bridgehead atoms. The lowest BCUT2D eigenvalue weighted by Gasteiger charge is -2.26. The van der Waals surface area contributed by atoms with Crippen molar-refractivity contribution < 1.29 is 0 Å². The van der Waals surface area contributed by atoms with Crippen molar-refractivity contribution in [2.75, 3.05) is 13.6 Å². The number of halogens is 1. The molecule has 0 amide bonds. The zero-order valence-electron chi connectivity index (χ0n) is 16.9. The second kappa shape index (κ2) is 11.9. The van der Waals surface area contributed by atoms with Crippen molar-refractivity contribution in [1.82, 2.24) is 25.4 Å². The first-order chi connectivity index (χ1) is 12.5. The Bertz CT molecular complexity index is 682. The van der Waals surface area contributed by atoms with Gasteiger partial charge in [-0.15, -0.1) is 24.0 Å². The second-order valence-electron chi connectivity index (χ2n) is 7.37. The van der Waals surface area contributed by atoms with Crippen molar-refractivity contribution in [2.24, 2.45) is 10.4 Å². The molecule has 2 rings (SSSR count). The van der Waals surface area contributed by atoms with Gasteiger partial charge in [-0.3, -0.25) is 4.99 Å². The predicted octanol–water partition coefficient (Wildman–Crippen LogP) is 4.16. The van der Waals surface area contributed by atoms with Crippen molar-refractivity contribution in [3.63, 3.8) is 0 Å². The van der Waals surface area contributed by atoms with Crippen LogP contribution in [-0.2, 0) is 6.54 Å². The van der Waals surface area contributed by atoms with Crippen LogP contribution in [0.25, 0.3) is 5.82 Å². The van der Waals surface area contributed by atoms with Crippen molar-refractivity contribution in [2.45, 2.75) is 53.0 Å². The van der Waals surface area contributed by atoms with E-state index in [0.717, 1.165) is 23.9 Å². The molecule has 2 heterocycles. The van der Waals surface area contributed by atoms with E-state index in [0.29, 0.717) is 6.54 Å². The summed E-state index contributed by atoms with van der Waals surface area (Å²) in [6.45, 7) is 8.45. The summed E-state index contributed by atoms with van der Waals surface area (Å²) in [6, 6.07) is 5.92. The predicted molar refractivity (Wildman–Crippen MR) is 123 cm³/mol. The highest BCUT2D eigenvalue weighted by molar-refractivity contribution is 14.0. The molecule has 2 aromatic rings. The minimum Gasteiger partial charge on any atom is -0.356 e. The number of pyridine rings is 1. The number of hydrogen-bond acceptors (Lipinski definition) is 3. The fourth-order valence-corrected chi connectivity index (χ4v) is 2.77. The van der Waals surface area contributed by atoms with E-state index in [1.807, 2.05) is 24.4 Å². The maximum atomic E-state index is 4.36. The summed E-state index contributed by atoms with van der Waals surface area (Å²) in [6.07, 6.45) is 10.5. The molecule has 0 saturated carbocycles. The third-order valence-electron chi connectivity index (χ3n) is 4.42. The molecular formula is C20H33IN6. The Morgan fingerprint density at radius 1 is 1.22 bits per heavy atom. The van der Waals surface area contributed by atoms with E-state index in [1.54, 1.807) is 24.1 Å². The largest absolute Gasteiger partial charge is 0.356 e. The highest BCUT2D eigenvalue weighted by Crippen LogP contribution is 2.22. The minimum absolute atomic E-state index is 0. The van der Waals surface area contributed by atoms with Crippen molar-refractivity contribution in [3.05, 3.63) is 42.4 Å². The molecule has 7 heteroatoms. The fraction of sp³-hybridized carbons (Fsp3) is 0.550. The third-order valence-corrected chi connectivity index (χ3v) is 4.42. The van der Waals surface area contributed by atoms with Crippen molar-refractivity contribution >= 4 is 29.9 Å². The van der Waals surface area contributed by atoms with E-state index in [1.165, 1.54) is 25.7 Å². The first kappa shape index (κ1) is 23.4. The van der Waals surface area contributed by atoms with E-state index in [-0.39, 0.29) is 29.4 Å². The molecule has 2 aromatic heterocycles. The first-order valence-corrected chi connectivity index (χ1v) is 9.43. The average molecular weight is 484 g/mol. The lowest BCUT2D eigenvalue weighted by molar-refractivity contribution is 0.318. The topological polar surface area (TPSA) is 67.1 Å². The molecule has 150 valence electrons. The van der Waals surface area contributed by atoms with Crippen LogP contribution in [0.4, 0.5) is 0 Å². The summed E-state index contributed by atoms with van der Waals surface area (Å²) in [5.74, 6) is 1.64. The Morgan fingerprint density at radius 3 is 2.70 bits per heavy atom. The molecule has 0 aromatic carbocycles. The monoisotopic (exact) mass is 484 g/mol. The Kier molecular flexibility index (Phi) is 10.4. The lowest BCUT2D eigenvalue weighted by atomic mass is 9.87. The summed E-state index contributed by atoms with van der Waals surface area (Å²) in [4.78, 5) is 8.70. The Hall–Kier alpha value is -1.64. The molecule has 0 atom stereocenters. The van der Waals surface area contributed by atoms with Gasteiger partial charge in [-0.05, 0) is 35.6 Å². The van der Waals surface area contributed by atoms with Crippen LogP contribution in [0, 0.1) is 5.41 Å². The Balaban J connectivity index is 0.00000364. The number of nitrogens with one attached hydrogen (secondary N) is 2. The number of rotatable bonds is 9. The molecule has 0 spiro atoms. The van der Waals surface area contributed by atoms with Crippen LogP contribution < -0.4 is 10.6 Å². The SMILES string of the molecule is CCCCCC(C)(C)CNC(=NC)NCc1ccnc(-n2cccn2)c1.I. The van der Waals surface area contributed by atoms with Crippen LogP contribution in [0.15, 0.2) is 41.8 Å². The summed E-state index contributed by atoms with van der Waals surface area (Å²) >= 11 is 0. The van der Waals surface area contributed by atoms with E-state index in [2.05, 4.69) is 46.5 Å². The van der Waals surface area contributed by atoms with Crippen LogP contribution >= 0.6 is 24.0 Å². The summed E-state index contributed by atoms with van der Waals surface area (Å²) in [5.41, 5.74) is 1.40. The molecule has 0 aliphatic carbocycles. The van der Waals surface area contributed by atoms with E-state index >= 15 is 0 Å². The van der Waals surface area contributed by atoms with Gasteiger partial charge in [0.25, 0.3) is 0 Å². The van der Waals surface area contributed by atoms with Gasteiger partial charge >= 0.3 is 0 Å². The van der Waals surface area contributed by atoms with E-state index in [4.69, 9.17) is 0 Å². The van der Waals surface area contributed by atoms with E-state index < -0.39 is 0 Å². The molecule has 0 fully saturated rings. The summed E-state index contributed by atoms with van der Waals surface area (Å²) in [7, 11) is 1.81. The van der Waals surface area contributed by atoms with Gasteiger partial charge in [0.15, 0.2) is 11.8 Å². The standard InChI is InChI=1S/C20H32N6.HI/c1-5-6-7-10-20(2,3)16-24-19(21-4)23-15-17-9-12-22-18(14-17)26-13-8-11-25-26;/h8-9,11-14H,5-7,10,15-16H2,1-4H3,(H2,21,23,24);1H. The zero-order valence-corrected chi connectivity index (χ0v) is 19.2. The summed E-state index contributed by atoms with van der Waals surface area (Å²) in [5, 5.41) is 11.1. The Morgan fingerprint density at radius 2 is 2.04 bits per heavy atom. The molecule has 2 N–H and O–H groups in total. The van der Waals surface area contributed by atoms with Crippen molar-refractivity contribution in [3.8, 4) is 5.82 Å². The highest BCUT2D eigenvalue weighted by Gasteiger charge is 2.17. The number of aromatic nitrogens is 3. The van der Waals surface area contributed by atoms with Crippen molar-refractivity contribution in [1.29, 1.82) is 0 Å². The fourth-order valence-electron chi connectivity index (χ4n) is 2.77. The molecular weight excluding hydrogens is 451 g/mol. The molecule has 0 aliphatic heterocycles. The van der Waals surface area contributed by atoms with E-state index in [9.17, 15) is 0 Å². The molecule has 6 nitrogen and oxygen atoms in total. The molecule has 0 saturated heterocycles. The average Bonchev–Trinajstić information content (AvgIpc) is 3.17. The van der Waals surface area contributed by atoms with Crippen LogP contribution in [0.2, 0.25) is 0 Å². The van der Waals surface area contributed by atoms with Gasteiger partial charge in [-0.2, -0.15) is 5.10 Å². The highest BCUT2D eigenvalue weighted by atomic mass is 127. The number of hydrogen-bond donors (Lipinski definition) is 2. The van der Waals surface area contributed by atoms with Gasteiger partial charge in [0.05, 0.1) is 0 Å². The zero-order chi connectivity index (χ0) is 18.8. The number of guanidine groups is 1. The van der Waals surface area contributed by atoms with Gasteiger partial charge in [-0.25, -0.2) is 9.67 Å². The number of aliphatic imine (C=N–C) groups is 1. The third kappa shape index (κ3) is 8.28. The van der Waals surface area contributed by atoms with Gasteiger partial charge in [0, 0.05) is 38.7 Å². The summed E-state index contributed by atoms with van der Waals surface area (Å²) < 4.78 is 1.76. The molecule has 27 heavy (non-hydrogen) atoms. The lowest BCUT2D eigenvalue weighted by Crippen LogP contribution is -2.41. The van der Waals surface area contributed by atoms with Crippen LogP contribution in [0.1, 0.15) is 52.0 Å². The molecule has 0 unspecified atom stereocenters. The number of nitrogens with zero attached hydrogens (tertiary/aromatic N) is 4. The van der Waals surface area contributed by atoms with Crippen LogP contribution in [-0.4, -0.2) is 34.3 Å². The van der Waals surface area contributed by atoms with Gasteiger partial charge < -0.3 is 10.6 Å².